The van der Waals surface area contributed by atoms with Gasteiger partial charge in [0, 0.05) is 29.5 Å². The lowest BCUT2D eigenvalue weighted by Gasteiger charge is -2.21. The van der Waals surface area contributed by atoms with Crippen molar-refractivity contribution in [1.29, 1.82) is 0 Å². The molecule has 1 saturated heterocycles. The third-order valence-corrected chi connectivity index (χ3v) is 3.45. The molecule has 4 heteroatoms. The number of aromatic nitrogens is 1. The minimum absolute atomic E-state index is 0.106. The molecule has 2 rings (SSSR count). The van der Waals surface area contributed by atoms with Gasteiger partial charge in [0.05, 0.1) is 5.56 Å². The predicted octanol–water partition coefficient (Wildman–Crippen LogP) is 2.47. The summed E-state index contributed by atoms with van der Waals surface area (Å²) in [6, 6.07) is 2.12. The molecule has 1 aromatic heterocycles. The van der Waals surface area contributed by atoms with E-state index in [0.717, 1.165) is 23.9 Å². The number of carbonyl (C=O) groups is 1. The number of nitrogens with zero attached hydrogens (tertiary/aromatic N) is 2. The highest BCUT2D eigenvalue weighted by atomic mass is 79.9. The van der Waals surface area contributed by atoms with Crippen molar-refractivity contribution in [3.8, 4) is 0 Å². The maximum absolute atomic E-state index is 12.1. The number of pyridine rings is 1. The fourth-order valence-electron chi connectivity index (χ4n) is 1.94. The maximum atomic E-state index is 12.1. The van der Waals surface area contributed by atoms with Crippen LogP contribution in [-0.2, 0) is 0 Å². The Bertz CT molecular complexity index is 381. The van der Waals surface area contributed by atoms with E-state index in [2.05, 4.69) is 27.8 Å². The first-order valence-corrected chi connectivity index (χ1v) is 5.90. The van der Waals surface area contributed by atoms with Crippen molar-refractivity contribution < 1.29 is 4.79 Å². The van der Waals surface area contributed by atoms with Crippen molar-refractivity contribution in [3.05, 3.63) is 28.5 Å². The van der Waals surface area contributed by atoms with E-state index in [4.69, 9.17) is 0 Å². The molecule has 1 atom stereocenters. The monoisotopic (exact) mass is 268 g/mol. The fraction of sp³-hybridized carbons (Fsp3) is 0.455. The van der Waals surface area contributed by atoms with Crippen LogP contribution in [0.5, 0.6) is 0 Å². The van der Waals surface area contributed by atoms with Crippen molar-refractivity contribution in [1.82, 2.24) is 9.88 Å². The average molecular weight is 269 g/mol. The number of rotatable bonds is 1. The van der Waals surface area contributed by atoms with E-state index in [1.807, 2.05) is 4.90 Å². The Morgan fingerprint density at radius 3 is 3.07 bits per heavy atom. The second kappa shape index (κ2) is 4.31. The van der Waals surface area contributed by atoms with Crippen LogP contribution in [0.2, 0.25) is 0 Å². The Balaban J connectivity index is 2.24. The van der Waals surface area contributed by atoms with Crippen molar-refractivity contribution in [2.75, 3.05) is 6.54 Å². The lowest BCUT2D eigenvalue weighted by molar-refractivity contribution is 0.0746. The molecule has 0 aromatic carbocycles. The summed E-state index contributed by atoms with van der Waals surface area (Å²) in [5.74, 6) is 0.106. The molecule has 0 spiro atoms. The summed E-state index contributed by atoms with van der Waals surface area (Å²) < 4.78 is 0.772. The summed E-state index contributed by atoms with van der Waals surface area (Å²) in [6.07, 6.45) is 5.52. The van der Waals surface area contributed by atoms with Gasteiger partial charge in [-0.15, -0.1) is 0 Å². The highest BCUT2D eigenvalue weighted by molar-refractivity contribution is 9.10. The number of carbonyl (C=O) groups excluding carboxylic acids is 1. The molecule has 0 N–H and O–H groups in total. The molecule has 2 heterocycles. The Labute approximate surface area is 97.6 Å². The zero-order chi connectivity index (χ0) is 10.8. The number of hydrogen-bond acceptors (Lipinski definition) is 2. The molecule has 0 radical (unpaired) electrons. The lowest BCUT2D eigenvalue weighted by Crippen LogP contribution is -2.33. The van der Waals surface area contributed by atoms with Gasteiger partial charge in [0.25, 0.3) is 5.91 Å². The maximum Gasteiger partial charge on any atom is 0.255 e. The normalized spacial score (nSPS) is 20.7. The number of likely N-dealkylation sites (tertiary alicyclic amines) is 1. The highest BCUT2D eigenvalue weighted by Gasteiger charge is 2.26. The highest BCUT2D eigenvalue weighted by Crippen LogP contribution is 2.22. The first kappa shape index (κ1) is 10.6. The third-order valence-electron chi connectivity index (χ3n) is 2.82. The summed E-state index contributed by atoms with van der Waals surface area (Å²) in [6.45, 7) is 2.97. The average Bonchev–Trinajstić information content (AvgIpc) is 2.64. The van der Waals surface area contributed by atoms with E-state index in [9.17, 15) is 4.79 Å². The molecule has 1 amide bonds. The van der Waals surface area contributed by atoms with Crippen LogP contribution in [-0.4, -0.2) is 28.4 Å². The van der Waals surface area contributed by atoms with Gasteiger partial charge in [0.15, 0.2) is 0 Å². The van der Waals surface area contributed by atoms with Gasteiger partial charge in [-0.05, 0) is 41.8 Å². The topological polar surface area (TPSA) is 33.2 Å². The molecule has 0 aliphatic carbocycles. The Morgan fingerprint density at radius 2 is 2.47 bits per heavy atom. The molecule has 1 aliphatic heterocycles. The summed E-state index contributed by atoms with van der Waals surface area (Å²) in [5, 5.41) is 0. The van der Waals surface area contributed by atoms with E-state index in [-0.39, 0.29) is 5.91 Å². The van der Waals surface area contributed by atoms with Gasteiger partial charge in [-0.3, -0.25) is 9.78 Å². The van der Waals surface area contributed by atoms with Crippen molar-refractivity contribution >= 4 is 21.8 Å². The molecular weight excluding hydrogens is 256 g/mol. The zero-order valence-electron chi connectivity index (χ0n) is 8.61. The molecule has 0 saturated carbocycles. The second-order valence-corrected chi connectivity index (χ2v) is 4.70. The number of hydrogen-bond donors (Lipinski definition) is 0. The Hall–Kier alpha value is -0.900. The third kappa shape index (κ3) is 2.04. The molecule has 15 heavy (non-hydrogen) atoms. The van der Waals surface area contributed by atoms with Crippen molar-refractivity contribution in [2.24, 2.45) is 0 Å². The van der Waals surface area contributed by atoms with Gasteiger partial charge < -0.3 is 4.90 Å². The quantitative estimate of drug-likeness (QED) is 0.784. The van der Waals surface area contributed by atoms with Gasteiger partial charge in [-0.1, -0.05) is 0 Å². The summed E-state index contributed by atoms with van der Waals surface area (Å²) in [5.41, 5.74) is 0.707. The van der Waals surface area contributed by atoms with Gasteiger partial charge in [-0.2, -0.15) is 0 Å². The number of amides is 1. The summed E-state index contributed by atoms with van der Waals surface area (Å²) >= 11 is 3.35. The largest absolute Gasteiger partial charge is 0.336 e. The minimum atomic E-state index is 0.106. The zero-order valence-corrected chi connectivity index (χ0v) is 10.2. The Kier molecular flexibility index (Phi) is 3.05. The van der Waals surface area contributed by atoms with Crippen molar-refractivity contribution in [3.63, 3.8) is 0 Å². The molecule has 0 bridgehead atoms. The lowest BCUT2D eigenvalue weighted by atomic mass is 10.2. The smallest absolute Gasteiger partial charge is 0.255 e. The van der Waals surface area contributed by atoms with Gasteiger partial charge in [-0.25, -0.2) is 0 Å². The summed E-state index contributed by atoms with van der Waals surface area (Å²) in [4.78, 5) is 18.0. The Morgan fingerprint density at radius 1 is 1.67 bits per heavy atom. The standard InChI is InChI=1S/C11H13BrN2O/c1-8-3-2-6-14(8)11(15)9-4-5-13-7-10(9)12/h4-5,7-8H,2-3,6H2,1H3. The molecule has 1 aliphatic rings. The molecule has 3 nitrogen and oxygen atoms in total. The van der Waals surface area contributed by atoms with Crippen LogP contribution < -0.4 is 0 Å². The van der Waals surface area contributed by atoms with Crippen LogP contribution in [0.15, 0.2) is 22.9 Å². The van der Waals surface area contributed by atoms with E-state index in [1.54, 1.807) is 18.5 Å². The predicted molar refractivity (Wildman–Crippen MR) is 61.7 cm³/mol. The molecule has 1 fully saturated rings. The van der Waals surface area contributed by atoms with Crippen LogP contribution in [0.4, 0.5) is 0 Å². The van der Waals surface area contributed by atoms with Crippen LogP contribution in [0.25, 0.3) is 0 Å². The first-order chi connectivity index (χ1) is 7.20. The minimum Gasteiger partial charge on any atom is -0.336 e. The molecule has 80 valence electrons. The molecule has 1 unspecified atom stereocenters. The van der Waals surface area contributed by atoms with E-state index < -0.39 is 0 Å². The molecular formula is C11H13BrN2O. The van der Waals surface area contributed by atoms with Crippen LogP contribution in [0.3, 0.4) is 0 Å². The van der Waals surface area contributed by atoms with Gasteiger partial charge in [0.1, 0.15) is 0 Å². The second-order valence-electron chi connectivity index (χ2n) is 3.85. The fourth-order valence-corrected chi connectivity index (χ4v) is 2.36. The molecule has 1 aromatic rings. The van der Waals surface area contributed by atoms with E-state index in [0.29, 0.717) is 11.6 Å². The number of halogens is 1. The van der Waals surface area contributed by atoms with E-state index in [1.165, 1.54) is 0 Å². The van der Waals surface area contributed by atoms with Crippen LogP contribution in [0.1, 0.15) is 30.1 Å². The first-order valence-electron chi connectivity index (χ1n) is 5.10. The van der Waals surface area contributed by atoms with Gasteiger partial charge >= 0.3 is 0 Å². The van der Waals surface area contributed by atoms with Crippen molar-refractivity contribution in [2.45, 2.75) is 25.8 Å². The summed E-state index contributed by atoms with van der Waals surface area (Å²) in [7, 11) is 0. The van der Waals surface area contributed by atoms with Gasteiger partial charge in [0.2, 0.25) is 0 Å². The van der Waals surface area contributed by atoms with Crippen LogP contribution >= 0.6 is 15.9 Å². The van der Waals surface area contributed by atoms with Crippen LogP contribution in [0, 0.1) is 0 Å². The SMILES string of the molecule is CC1CCCN1C(=O)c1ccncc1Br. The van der Waals surface area contributed by atoms with E-state index >= 15 is 0 Å².